The number of nitrogens with one attached hydrogen (secondary N) is 1. The molecule has 0 bridgehead atoms. The predicted molar refractivity (Wildman–Crippen MR) is 89.3 cm³/mol. The Bertz CT molecular complexity index is 884. The first-order valence-electron chi connectivity index (χ1n) is 7.81. The van der Waals surface area contributed by atoms with Crippen LogP contribution >= 0.6 is 0 Å². The van der Waals surface area contributed by atoms with Gasteiger partial charge in [0.2, 0.25) is 0 Å². The number of benzene rings is 2. The third-order valence-electron chi connectivity index (χ3n) is 4.65. The van der Waals surface area contributed by atoms with E-state index in [2.05, 4.69) is 11.1 Å². The molecule has 2 N–H and O–H groups in total. The van der Waals surface area contributed by atoms with Crippen molar-refractivity contribution in [1.82, 2.24) is 9.88 Å². The van der Waals surface area contributed by atoms with Gasteiger partial charge >= 0.3 is 0 Å². The van der Waals surface area contributed by atoms with Crippen LogP contribution in [0.4, 0.5) is 0 Å². The van der Waals surface area contributed by atoms with Crippen LogP contribution in [0, 0.1) is 0 Å². The summed E-state index contributed by atoms with van der Waals surface area (Å²) in [7, 11) is 0. The first kappa shape index (κ1) is 14.0. The fourth-order valence-corrected chi connectivity index (χ4v) is 3.52. The molecule has 2 atom stereocenters. The molecule has 0 spiro atoms. The van der Waals surface area contributed by atoms with Gasteiger partial charge in [-0.2, -0.15) is 0 Å². The lowest BCUT2D eigenvalue weighted by Gasteiger charge is -2.30. The number of carbonyl (C=O) groups excluding carboxylic acids is 1. The molecule has 1 aromatic heterocycles. The Balaban J connectivity index is 1.95. The number of carbonyl (C=O) groups is 1. The molecule has 4 rings (SSSR count). The molecule has 0 unspecified atom stereocenters. The second kappa shape index (κ2) is 5.25. The van der Waals surface area contributed by atoms with Gasteiger partial charge in [-0.3, -0.25) is 4.79 Å². The van der Waals surface area contributed by atoms with Crippen molar-refractivity contribution < 1.29 is 9.90 Å². The number of hydrogen-bond acceptors (Lipinski definition) is 2. The van der Waals surface area contributed by atoms with Crippen LogP contribution in [0.15, 0.2) is 54.7 Å². The van der Waals surface area contributed by atoms with Gasteiger partial charge in [-0.05, 0) is 24.6 Å². The lowest BCUT2D eigenvalue weighted by molar-refractivity contribution is 0.0596. The highest BCUT2D eigenvalue weighted by atomic mass is 16.3. The number of aromatic nitrogens is 1. The van der Waals surface area contributed by atoms with Gasteiger partial charge in [-0.15, -0.1) is 0 Å². The number of hydrogen-bond donors (Lipinski definition) is 2. The number of nitrogens with zero attached hydrogens (tertiary/aromatic N) is 1. The third kappa shape index (κ3) is 1.99. The Kier molecular flexibility index (Phi) is 3.20. The second-order valence-corrected chi connectivity index (χ2v) is 6.02. The van der Waals surface area contributed by atoms with Gasteiger partial charge < -0.3 is 15.0 Å². The molecule has 4 nitrogen and oxygen atoms in total. The fraction of sp³-hybridized carbons (Fsp3) is 0.211. The summed E-state index contributed by atoms with van der Waals surface area (Å²) in [5, 5.41) is 10.7. The predicted octanol–water partition coefficient (Wildman–Crippen LogP) is 3.09. The van der Waals surface area contributed by atoms with Crippen molar-refractivity contribution in [3.8, 4) is 0 Å². The maximum Gasteiger partial charge on any atom is 0.255 e. The van der Waals surface area contributed by atoms with Gasteiger partial charge in [0.15, 0.2) is 0 Å². The molecule has 2 heterocycles. The molecule has 0 saturated carbocycles. The number of H-pyrrole nitrogens is 1. The lowest BCUT2D eigenvalue weighted by atomic mass is 9.97. The topological polar surface area (TPSA) is 56.3 Å². The van der Waals surface area contributed by atoms with E-state index in [1.165, 1.54) is 0 Å². The Morgan fingerprint density at radius 1 is 1.13 bits per heavy atom. The zero-order valence-corrected chi connectivity index (χ0v) is 12.9. The van der Waals surface area contributed by atoms with Crippen molar-refractivity contribution >= 4 is 16.8 Å². The molecule has 1 aliphatic rings. The van der Waals surface area contributed by atoms with Crippen LogP contribution in [-0.2, 0) is 0 Å². The molecule has 3 aromatic rings. The molecular weight excluding hydrogens is 288 g/mol. The molecule has 2 aromatic carbocycles. The van der Waals surface area contributed by atoms with Crippen molar-refractivity contribution in [2.24, 2.45) is 0 Å². The Morgan fingerprint density at radius 2 is 1.87 bits per heavy atom. The van der Waals surface area contributed by atoms with Crippen LogP contribution in [0.2, 0.25) is 0 Å². The van der Waals surface area contributed by atoms with Crippen LogP contribution in [0.25, 0.3) is 10.9 Å². The van der Waals surface area contributed by atoms with E-state index in [0.717, 1.165) is 27.6 Å². The molecule has 1 amide bonds. The Hall–Kier alpha value is -2.59. The SMILES string of the molecule is C[C@@H](CO)N1C(=O)c2ccccc2[C@H]1c1c[nH]c2ccccc12. The summed E-state index contributed by atoms with van der Waals surface area (Å²) in [6, 6.07) is 15.4. The van der Waals surface area contributed by atoms with Gasteiger partial charge in [0.25, 0.3) is 5.91 Å². The molecule has 0 saturated heterocycles. The molecular formula is C19H18N2O2. The lowest BCUT2D eigenvalue weighted by Crippen LogP contribution is -2.39. The smallest absolute Gasteiger partial charge is 0.255 e. The summed E-state index contributed by atoms with van der Waals surface area (Å²) in [4.78, 5) is 17.9. The fourth-order valence-electron chi connectivity index (χ4n) is 3.52. The minimum Gasteiger partial charge on any atom is -0.394 e. The van der Waals surface area contributed by atoms with Crippen LogP contribution in [0.3, 0.4) is 0 Å². The van der Waals surface area contributed by atoms with Gasteiger partial charge in [0.05, 0.1) is 18.7 Å². The highest BCUT2D eigenvalue weighted by molar-refractivity contribution is 6.01. The summed E-state index contributed by atoms with van der Waals surface area (Å²) < 4.78 is 0. The third-order valence-corrected chi connectivity index (χ3v) is 4.65. The summed E-state index contributed by atoms with van der Waals surface area (Å²) in [6.45, 7) is 1.82. The van der Waals surface area contributed by atoms with Gasteiger partial charge in [0.1, 0.15) is 0 Å². The van der Waals surface area contributed by atoms with Gasteiger partial charge in [-0.25, -0.2) is 0 Å². The number of aromatic amines is 1. The largest absolute Gasteiger partial charge is 0.394 e. The maximum atomic E-state index is 12.8. The van der Waals surface area contributed by atoms with Crippen molar-refractivity contribution in [2.45, 2.75) is 19.0 Å². The zero-order valence-electron chi connectivity index (χ0n) is 12.9. The quantitative estimate of drug-likeness (QED) is 0.781. The second-order valence-electron chi connectivity index (χ2n) is 6.02. The number of rotatable bonds is 3. The maximum absolute atomic E-state index is 12.8. The normalized spacial score (nSPS) is 18.4. The van der Waals surface area contributed by atoms with Crippen molar-refractivity contribution in [3.05, 3.63) is 71.4 Å². The van der Waals surface area contributed by atoms with Gasteiger partial charge in [0, 0.05) is 28.2 Å². The van der Waals surface area contributed by atoms with E-state index >= 15 is 0 Å². The summed E-state index contributed by atoms with van der Waals surface area (Å²) in [5.74, 6) is -0.0163. The van der Waals surface area contributed by atoms with Crippen LogP contribution in [0.1, 0.15) is 34.5 Å². The first-order chi connectivity index (χ1) is 11.2. The number of amides is 1. The van der Waals surface area contributed by atoms with E-state index in [4.69, 9.17) is 0 Å². The number of aliphatic hydroxyl groups is 1. The highest BCUT2D eigenvalue weighted by Gasteiger charge is 2.40. The molecule has 1 aliphatic heterocycles. The molecule has 23 heavy (non-hydrogen) atoms. The minimum atomic E-state index is -0.242. The van der Waals surface area contributed by atoms with Crippen molar-refractivity contribution in [3.63, 3.8) is 0 Å². The molecule has 116 valence electrons. The molecule has 0 radical (unpaired) electrons. The van der Waals surface area contributed by atoms with E-state index in [-0.39, 0.29) is 24.6 Å². The summed E-state index contributed by atoms with van der Waals surface area (Å²) in [5.41, 5.74) is 3.85. The van der Waals surface area contributed by atoms with E-state index in [1.54, 1.807) is 4.90 Å². The van der Waals surface area contributed by atoms with E-state index < -0.39 is 0 Å². The van der Waals surface area contributed by atoms with Crippen LogP contribution in [0.5, 0.6) is 0 Å². The van der Waals surface area contributed by atoms with Crippen LogP contribution in [-0.4, -0.2) is 33.5 Å². The summed E-state index contributed by atoms with van der Waals surface area (Å²) in [6.07, 6.45) is 1.97. The Morgan fingerprint density at radius 3 is 2.70 bits per heavy atom. The van der Waals surface area contributed by atoms with Crippen molar-refractivity contribution in [1.29, 1.82) is 0 Å². The average molecular weight is 306 g/mol. The highest BCUT2D eigenvalue weighted by Crippen LogP contribution is 2.42. The monoisotopic (exact) mass is 306 g/mol. The average Bonchev–Trinajstić information content (AvgIpc) is 3.14. The number of fused-ring (bicyclic) bond motifs is 2. The van der Waals surface area contributed by atoms with Gasteiger partial charge in [-0.1, -0.05) is 36.4 Å². The van der Waals surface area contributed by atoms with Crippen LogP contribution < -0.4 is 0 Å². The first-order valence-corrected chi connectivity index (χ1v) is 7.81. The van der Waals surface area contributed by atoms with E-state index in [9.17, 15) is 9.90 Å². The zero-order chi connectivity index (χ0) is 16.0. The van der Waals surface area contributed by atoms with Crippen molar-refractivity contribution in [2.75, 3.05) is 6.61 Å². The Labute approximate surface area is 134 Å². The minimum absolute atomic E-state index is 0.0163. The molecule has 0 aliphatic carbocycles. The summed E-state index contributed by atoms with van der Waals surface area (Å²) >= 11 is 0. The molecule has 4 heteroatoms. The standard InChI is InChI=1S/C19H18N2O2/c1-12(11-22)21-18(14-7-2-3-8-15(14)19(21)23)16-10-20-17-9-5-4-6-13(16)17/h2-10,12,18,20,22H,11H2,1H3/t12-,18-/m0/s1. The number of para-hydroxylation sites is 1. The van der Waals surface area contributed by atoms with E-state index in [0.29, 0.717) is 0 Å². The van der Waals surface area contributed by atoms with E-state index in [1.807, 2.05) is 55.6 Å². The number of aliphatic hydroxyl groups excluding tert-OH is 1. The molecule has 0 fully saturated rings.